The average Bonchev–Trinajstić information content (AvgIpc) is 3.32. The summed E-state index contributed by atoms with van der Waals surface area (Å²) in [4.78, 5) is 20.5. The van der Waals surface area contributed by atoms with E-state index in [-0.39, 0.29) is 11.9 Å². The van der Waals surface area contributed by atoms with Gasteiger partial charge in [0.15, 0.2) is 0 Å². The maximum absolute atomic E-state index is 11.2. The fourth-order valence-electron chi connectivity index (χ4n) is 2.47. The number of piperidine rings is 1. The van der Waals surface area contributed by atoms with Gasteiger partial charge in [-0.1, -0.05) is 6.92 Å². The van der Waals surface area contributed by atoms with Crippen LogP contribution in [0.2, 0.25) is 0 Å². The maximum Gasteiger partial charge on any atom is 0.220 e. The summed E-state index contributed by atoms with van der Waals surface area (Å²) >= 11 is 0. The van der Waals surface area contributed by atoms with Gasteiger partial charge in [0.1, 0.15) is 17.5 Å². The molecule has 21 heavy (non-hydrogen) atoms. The fraction of sp³-hybridized carbons (Fsp3) is 0.667. The fourth-order valence-corrected chi connectivity index (χ4v) is 2.47. The second-order valence-corrected chi connectivity index (χ2v) is 5.88. The van der Waals surface area contributed by atoms with Crippen molar-refractivity contribution in [1.29, 1.82) is 0 Å². The molecule has 1 saturated heterocycles. The SMILES string of the molecule is CCCNc1cc(NC2CCC(=O)NC2)nc(C2CC2)n1. The molecule has 0 spiro atoms. The standard InChI is InChI=1S/C15H23N5O/c1-2-7-16-12-8-13(20-15(19-12)10-3-4-10)18-11-5-6-14(21)17-9-11/h8,10-11H,2-7,9H2,1H3,(H,17,21)(H2,16,18,19,20). The minimum atomic E-state index is 0.139. The molecule has 114 valence electrons. The Balaban J connectivity index is 1.70. The lowest BCUT2D eigenvalue weighted by atomic mass is 10.1. The zero-order chi connectivity index (χ0) is 14.7. The third kappa shape index (κ3) is 3.83. The second kappa shape index (κ2) is 6.28. The monoisotopic (exact) mass is 289 g/mol. The molecule has 1 saturated carbocycles. The molecule has 1 aliphatic heterocycles. The number of carbonyl (C=O) groups is 1. The van der Waals surface area contributed by atoms with Crippen LogP contribution in [0.5, 0.6) is 0 Å². The number of aromatic nitrogens is 2. The van der Waals surface area contributed by atoms with Crippen molar-refractivity contribution in [3.8, 4) is 0 Å². The summed E-state index contributed by atoms with van der Waals surface area (Å²) in [6, 6.07) is 2.22. The van der Waals surface area contributed by atoms with Crippen LogP contribution < -0.4 is 16.0 Å². The Morgan fingerprint density at radius 3 is 2.76 bits per heavy atom. The Bertz CT molecular complexity index is 505. The normalized spacial score (nSPS) is 21.8. The number of amides is 1. The van der Waals surface area contributed by atoms with E-state index in [1.807, 2.05) is 6.07 Å². The van der Waals surface area contributed by atoms with E-state index in [2.05, 4.69) is 32.8 Å². The van der Waals surface area contributed by atoms with Crippen LogP contribution in [0.4, 0.5) is 11.6 Å². The molecule has 1 aliphatic carbocycles. The molecule has 1 aromatic heterocycles. The molecular weight excluding hydrogens is 266 g/mol. The van der Waals surface area contributed by atoms with Crippen LogP contribution >= 0.6 is 0 Å². The number of anilines is 2. The highest BCUT2D eigenvalue weighted by atomic mass is 16.1. The van der Waals surface area contributed by atoms with Crippen molar-refractivity contribution in [3.63, 3.8) is 0 Å². The summed E-state index contributed by atoms with van der Waals surface area (Å²) in [7, 11) is 0. The first-order chi connectivity index (χ1) is 10.2. The molecule has 1 unspecified atom stereocenters. The number of hydrogen-bond acceptors (Lipinski definition) is 5. The summed E-state index contributed by atoms with van der Waals surface area (Å²) in [6.45, 7) is 3.72. The van der Waals surface area contributed by atoms with Crippen molar-refractivity contribution >= 4 is 17.5 Å². The van der Waals surface area contributed by atoms with Crippen LogP contribution in [0.3, 0.4) is 0 Å². The van der Waals surface area contributed by atoms with Crippen molar-refractivity contribution in [2.45, 2.75) is 51.0 Å². The zero-order valence-electron chi connectivity index (χ0n) is 12.5. The van der Waals surface area contributed by atoms with Gasteiger partial charge in [0.25, 0.3) is 0 Å². The molecule has 2 aliphatic rings. The van der Waals surface area contributed by atoms with E-state index in [9.17, 15) is 4.79 Å². The Labute approximate surface area is 125 Å². The maximum atomic E-state index is 11.2. The molecule has 0 bridgehead atoms. The lowest BCUT2D eigenvalue weighted by Crippen LogP contribution is -2.42. The van der Waals surface area contributed by atoms with Gasteiger partial charge in [-0.3, -0.25) is 4.79 Å². The van der Waals surface area contributed by atoms with Crippen LogP contribution in [0, 0.1) is 0 Å². The van der Waals surface area contributed by atoms with Gasteiger partial charge >= 0.3 is 0 Å². The van der Waals surface area contributed by atoms with Gasteiger partial charge in [-0.25, -0.2) is 9.97 Å². The Morgan fingerprint density at radius 2 is 2.10 bits per heavy atom. The third-order valence-electron chi connectivity index (χ3n) is 3.86. The summed E-state index contributed by atoms with van der Waals surface area (Å²) in [5.74, 6) is 3.38. The lowest BCUT2D eigenvalue weighted by molar-refractivity contribution is -0.122. The summed E-state index contributed by atoms with van der Waals surface area (Å²) in [6.07, 6.45) is 4.89. The van der Waals surface area contributed by atoms with Crippen LogP contribution in [0.15, 0.2) is 6.07 Å². The number of nitrogens with one attached hydrogen (secondary N) is 3. The number of rotatable bonds is 6. The van der Waals surface area contributed by atoms with Crippen LogP contribution in [0.1, 0.15) is 50.8 Å². The number of carbonyl (C=O) groups excluding carboxylic acids is 1. The average molecular weight is 289 g/mol. The summed E-state index contributed by atoms with van der Waals surface area (Å²) in [5.41, 5.74) is 0. The molecule has 6 nitrogen and oxygen atoms in total. The van der Waals surface area contributed by atoms with Gasteiger partial charge in [0, 0.05) is 37.5 Å². The van der Waals surface area contributed by atoms with E-state index in [1.165, 1.54) is 12.8 Å². The first-order valence-corrected chi connectivity index (χ1v) is 7.90. The van der Waals surface area contributed by atoms with E-state index in [1.54, 1.807) is 0 Å². The Hall–Kier alpha value is -1.85. The van der Waals surface area contributed by atoms with E-state index >= 15 is 0 Å². The van der Waals surface area contributed by atoms with Gasteiger partial charge in [-0.05, 0) is 25.7 Å². The minimum Gasteiger partial charge on any atom is -0.370 e. The highest BCUT2D eigenvalue weighted by molar-refractivity contribution is 5.77. The predicted octanol–water partition coefficient (Wildman–Crippen LogP) is 1.87. The largest absolute Gasteiger partial charge is 0.370 e. The van der Waals surface area contributed by atoms with Gasteiger partial charge in [-0.2, -0.15) is 0 Å². The summed E-state index contributed by atoms with van der Waals surface area (Å²) in [5, 5.41) is 9.67. The first-order valence-electron chi connectivity index (χ1n) is 7.90. The van der Waals surface area contributed by atoms with E-state index in [0.29, 0.717) is 18.9 Å². The van der Waals surface area contributed by atoms with Crippen molar-refractivity contribution in [2.75, 3.05) is 23.7 Å². The zero-order valence-corrected chi connectivity index (χ0v) is 12.5. The number of hydrogen-bond donors (Lipinski definition) is 3. The van der Waals surface area contributed by atoms with E-state index in [0.717, 1.165) is 36.8 Å². The highest BCUT2D eigenvalue weighted by Crippen LogP contribution is 2.38. The van der Waals surface area contributed by atoms with Crippen LogP contribution in [-0.4, -0.2) is 35.0 Å². The first kappa shape index (κ1) is 14.1. The molecule has 3 N–H and O–H groups in total. The van der Waals surface area contributed by atoms with Gasteiger partial charge in [0.2, 0.25) is 5.91 Å². The second-order valence-electron chi connectivity index (χ2n) is 5.88. The molecule has 6 heteroatoms. The van der Waals surface area contributed by atoms with Crippen molar-refractivity contribution in [1.82, 2.24) is 15.3 Å². The van der Waals surface area contributed by atoms with Crippen molar-refractivity contribution in [3.05, 3.63) is 11.9 Å². The molecule has 1 amide bonds. The minimum absolute atomic E-state index is 0.139. The Morgan fingerprint density at radius 1 is 1.29 bits per heavy atom. The van der Waals surface area contributed by atoms with Crippen LogP contribution in [0.25, 0.3) is 0 Å². The molecule has 0 radical (unpaired) electrons. The van der Waals surface area contributed by atoms with Gasteiger partial charge < -0.3 is 16.0 Å². The molecule has 1 aromatic rings. The van der Waals surface area contributed by atoms with Crippen LogP contribution in [-0.2, 0) is 4.79 Å². The molecule has 0 aromatic carbocycles. The highest BCUT2D eigenvalue weighted by Gasteiger charge is 2.28. The molecule has 3 rings (SSSR count). The summed E-state index contributed by atoms with van der Waals surface area (Å²) < 4.78 is 0. The van der Waals surface area contributed by atoms with Crippen molar-refractivity contribution in [2.24, 2.45) is 0 Å². The predicted molar refractivity (Wildman–Crippen MR) is 82.4 cm³/mol. The lowest BCUT2D eigenvalue weighted by Gasteiger charge is -2.24. The molecule has 2 fully saturated rings. The van der Waals surface area contributed by atoms with E-state index in [4.69, 9.17) is 0 Å². The van der Waals surface area contributed by atoms with Crippen molar-refractivity contribution < 1.29 is 4.79 Å². The molecular formula is C15H23N5O. The molecule has 1 atom stereocenters. The smallest absolute Gasteiger partial charge is 0.220 e. The molecule has 2 heterocycles. The Kier molecular flexibility index (Phi) is 4.22. The topological polar surface area (TPSA) is 78.9 Å². The van der Waals surface area contributed by atoms with Gasteiger partial charge in [0.05, 0.1) is 0 Å². The quantitative estimate of drug-likeness (QED) is 0.745. The van der Waals surface area contributed by atoms with E-state index < -0.39 is 0 Å². The third-order valence-corrected chi connectivity index (χ3v) is 3.86. The van der Waals surface area contributed by atoms with Gasteiger partial charge in [-0.15, -0.1) is 0 Å². The number of nitrogens with zero attached hydrogens (tertiary/aromatic N) is 2.